The Balaban J connectivity index is 2.40. The Morgan fingerprint density at radius 1 is 0.895 bits per heavy atom. The number of aromatic hydroxyl groups is 1. The third kappa shape index (κ3) is 2.47. The SMILES string of the molecule is COc1ccccc1C(=O)C(=O)c1ccccc1O. The molecule has 96 valence electrons. The second-order valence-electron chi connectivity index (χ2n) is 3.88. The largest absolute Gasteiger partial charge is 0.507 e. The number of carbonyl (C=O) groups excluding carboxylic acids is 2. The van der Waals surface area contributed by atoms with E-state index in [1.54, 1.807) is 30.3 Å². The smallest absolute Gasteiger partial charge is 0.237 e. The van der Waals surface area contributed by atoms with Crippen LogP contribution in [0.3, 0.4) is 0 Å². The van der Waals surface area contributed by atoms with Crippen LogP contribution >= 0.6 is 0 Å². The van der Waals surface area contributed by atoms with Gasteiger partial charge in [-0.2, -0.15) is 0 Å². The van der Waals surface area contributed by atoms with Crippen molar-refractivity contribution in [3.05, 3.63) is 59.7 Å². The molecule has 0 aromatic heterocycles. The normalized spacial score (nSPS) is 9.95. The van der Waals surface area contributed by atoms with Crippen LogP contribution in [0, 0.1) is 0 Å². The van der Waals surface area contributed by atoms with Crippen LogP contribution in [0.2, 0.25) is 0 Å². The topological polar surface area (TPSA) is 63.6 Å². The number of Topliss-reactive ketones (excluding diaryl/α,β-unsaturated/α-hetero) is 2. The van der Waals surface area contributed by atoms with E-state index >= 15 is 0 Å². The van der Waals surface area contributed by atoms with Crippen molar-refractivity contribution in [2.24, 2.45) is 0 Å². The van der Waals surface area contributed by atoms with Gasteiger partial charge in [0.25, 0.3) is 0 Å². The van der Waals surface area contributed by atoms with E-state index in [9.17, 15) is 14.7 Å². The number of benzene rings is 2. The van der Waals surface area contributed by atoms with Gasteiger partial charge >= 0.3 is 0 Å². The first-order valence-electron chi connectivity index (χ1n) is 5.65. The molecule has 0 saturated carbocycles. The number of methoxy groups -OCH3 is 1. The fourth-order valence-electron chi connectivity index (χ4n) is 1.74. The molecule has 2 aromatic carbocycles. The molecule has 0 heterocycles. The van der Waals surface area contributed by atoms with Crippen molar-refractivity contribution in [1.82, 2.24) is 0 Å². The summed E-state index contributed by atoms with van der Waals surface area (Å²) in [6, 6.07) is 12.4. The minimum absolute atomic E-state index is 0.0154. The Hall–Kier alpha value is -2.62. The van der Waals surface area contributed by atoms with Gasteiger partial charge in [-0.1, -0.05) is 24.3 Å². The van der Waals surface area contributed by atoms with Crippen LogP contribution in [0.5, 0.6) is 11.5 Å². The van der Waals surface area contributed by atoms with Crippen molar-refractivity contribution in [1.29, 1.82) is 0 Å². The number of phenols is 1. The number of hydrogen-bond acceptors (Lipinski definition) is 4. The summed E-state index contributed by atoms with van der Waals surface area (Å²) < 4.78 is 5.05. The summed E-state index contributed by atoms with van der Waals surface area (Å²) in [7, 11) is 1.43. The average molecular weight is 256 g/mol. The third-order valence-electron chi connectivity index (χ3n) is 2.71. The van der Waals surface area contributed by atoms with Gasteiger partial charge in [0.15, 0.2) is 0 Å². The highest BCUT2D eigenvalue weighted by atomic mass is 16.5. The predicted molar refractivity (Wildman–Crippen MR) is 69.8 cm³/mol. The highest BCUT2D eigenvalue weighted by Crippen LogP contribution is 2.22. The van der Waals surface area contributed by atoms with Crippen molar-refractivity contribution in [2.75, 3.05) is 7.11 Å². The van der Waals surface area contributed by atoms with Crippen LogP contribution in [0.25, 0.3) is 0 Å². The maximum Gasteiger partial charge on any atom is 0.237 e. The van der Waals surface area contributed by atoms with Gasteiger partial charge in [0, 0.05) is 0 Å². The molecule has 4 nitrogen and oxygen atoms in total. The Kier molecular flexibility index (Phi) is 3.61. The van der Waals surface area contributed by atoms with Crippen molar-refractivity contribution >= 4 is 11.6 Å². The van der Waals surface area contributed by atoms with Gasteiger partial charge in [-0.05, 0) is 24.3 Å². The van der Waals surface area contributed by atoms with Gasteiger partial charge in [-0.3, -0.25) is 9.59 Å². The summed E-state index contributed by atoms with van der Waals surface area (Å²) in [4.78, 5) is 24.2. The lowest BCUT2D eigenvalue weighted by Crippen LogP contribution is -2.15. The average Bonchev–Trinajstić information content (AvgIpc) is 2.46. The second kappa shape index (κ2) is 5.35. The van der Waals surface area contributed by atoms with E-state index in [0.717, 1.165) is 0 Å². The van der Waals surface area contributed by atoms with Gasteiger partial charge in [-0.15, -0.1) is 0 Å². The minimum Gasteiger partial charge on any atom is -0.507 e. The van der Waals surface area contributed by atoms with E-state index < -0.39 is 11.6 Å². The molecule has 0 bridgehead atoms. The quantitative estimate of drug-likeness (QED) is 0.674. The van der Waals surface area contributed by atoms with Crippen LogP contribution < -0.4 is 4.74 Å². The van der Waals surface area contributed by atoms with E-state index in [1.807, 2.05) is 0 Å². The lowest BCUT2D eigenvalue weighted by Gasteiger charge is -2.07. The zero-order valence-electron chi connectivity index (χ0n) is 10.3. The molecule has 4 heteroatoms. The number of phenolic OH excluding ortho intramolecular Hbond substituents is 1. The predicted octanol–water partition coefficient (Wildman–Crippen LogP) is 2.47. The summed E-state index contributed by atoms with van der Waals surface area (Å²) in [6.07, 6.45) is 0. The van der Waals surface area contributed by atoms with Crippen LogP contribution in [0.4, 0.5) is 0 Å². The molecule has 0 aliphatic rings. The highest BCUT2D eigenvalue weighted by Gasteiger charge is 2.23. The van der Waals surface area contributed by atoms with Crippen LogP contribution in [-0.4, -0.2) is 23.8 Å². The zero-order chi connectivity index (χ0) is 13.8. The van der Waals surface area contributed by atoms with E-state index in [0.29, 0.717) is 5.75 Å². The molecule has 0 saturated heterocycles. The van der Waals surface area contributed by atoms with Crippen molar-refractivity contribution in [3.8, 4) is 11.5 Å². The number of ether oxygens (including phenoxy) is 1. The Labute approximate surface area is 110 Å². The summed E-state index contributed by atoms with van der Waals surface area (Å²) in [5.74, 6) is -1.35. The van der Waals surface area contributed by atoms with Crippen molar-refractivity contribution in [3.63, 3.8) is 0 Å². The number of rotatable bonds is 4. The standard InChI is InChI=1S/C15H12O4/c1-19-13-9-5-3-7-11(13)15(18)14(17)10-6-2-4-8-12(10)16/h2-9,16H,1H3. The van der Waals surface area contributed by atoms with E-state index in [2.05, 4.69) is 0 Å². The highest BCUT2D eigenvalue weighted by molar-refractivity contribution is 6.50. The lowest BCUT2D eigenvalue weighted by molar-refractivity contribution is 0.0813. The summed E-state index contributed by atoms with van der Waals surface area (Å²) in [5, 5.41) is 9.60. The summed E-state index contributed by atoms with van der Waals surface area (Å²) in [6.45, 7) is 0. The Bertz CT molecular complexity index is 632. The first-order valence-corrected chi connectivity index (χ1v) is 5.65. The number of carbonyl (C=O) groups is 2. The molecule has 0 aliphatic heterocycles. The third-order valence-corrected chi connectivity index (χ3v) is 2.71. The molecule has 0 fully saturated rings. The van der Waals surface area contributed by atoms with E-state index in [4.69, 9.17) is 4.74 Å². The van der Waals surface area contributed by atoms with Crippen molar-refractivity contribution in [2.45, 2.75) is 0 Å². The summed E-state index contributed by atoms with van der Waals surface area (Å²) >= 11 is 0. The Morgan fingerprint density at radius 3 is 2.05 bits per heavy atom. The molecule has 1 N–H and O–H groups in total. The molecule has 0 amide bonds. The molecular formula is C15H12O4. The maximum atomic E-state index is 12.1. The second-order valence-corrected chi connectivity index (χ2v) is 3.88. The van der Waals surface area contributed by atoms with Gasteiger partial charge in [0.05, 0.1) is 18.2 Å². The fourth-order valence-corrected chi connectivity index (χ4v) is 1.74. The van der Waals surface area contributed by atoms with Gasteiger partial charge in [0.2, 0.25) is 11.6 Å². The minimum atomic E-state index is -0.761. The van der Waals surface area contributed by atoms with E-state index in [1.165, 1.54) is 25.3 Å². The van der Waals surface area contributed by atoms with Crippen LogP contribution in [0.15, 0.2) is 48.5 Å². The first kappa shape index (κ1) is 12.8. The molecule has 0 radical (unpaired) electrons. The van der Waals surface area contributed by atoms with Crippen LogP contribution in [-0.2, 0) is 0 Å². The molecular weight excluding hydrogens is 244 g/mol. The monoisotopic (exact) mass is 256 g/mol. The number of para-hydroxylation sites is 2. The van der Waals surface area contributed by atoms with Crippen LogP contribution in [0.1, 0.15) is 20.7 Å². The molecule has 0 spiro atoms. The molecule has 0 atom stereocenters. The molecule has 2 aromatic rings. The molecule has 0 unspecified atom stereocenters. The van der Waals surface area contributed by atoms with Crippen molar-refractivity contribution < 1.29 is 19.4 Å². The number of ketones is 2. The maximum absolute atomic E-state index is 12.1. The van der Waals surface area contributed by atoms with E-state index in [-0.39, 0.29) is 16.9 Å². The zero-order valence-corrected chi connectivity index (χ0v) is 10.3. The van der Waals surface area contributed by atoms with Gasteiger partial charge in [0.1, 0.15) is 11.5 Å². The molecule has 2 rings (SSSR count). The van der Waals surface area contributed by atoms with Gasteiger partial charge in [-0.25, -0.2) is 0 Å². The molecule has 19 heavy (non-hydrogen) atoms. The number of hydrogen-bond donors (Lipinski definition) is 1. The molecule has 0 aliphatic carbocycles. The van der Waals surface area contributed by atoms with Gasteiger partial charge < -0.3 is 9.84 Å². The Morgan fingerprint density at radius 2 is 1.42 bits per heavy atom. The first-order chi connectivity index (χ1) is 9.15. The summed E-state index contributed by atoms with van der Waals surface area (Å²) in [5.41, 5.74) is 0.164. The fraction of sp³-hybridized carbons (Fsp3) is 0.0667. The lowest BCUT2D eigenvalue weighted by atomic mass is 10.0.